The topological polar surface area (TPSA) is 26.5 Å². The van der Waals surface area contributed by atoms with Crippen LogP contribution in [0.3, 0.4) is 0 Å². The summed E-state index contributed by atoms with van der Waals surface area (Å²) in [7, 11) is 0. The van der Waals surface area contributed by atoms with Gasteiger partial charge in [0.2, 0.25) is 5.90 Å². The van der Waals surface area contributed by atoms with Gasteiger partial charge in [-0.05, 0) is 36.1 Å². The van der Waals surface area contributed by atoms with E-state index in [0.717, 1.165) is 29.0 Å². The first-order valence-electron chi connectivity index (χ1n) is 7.73. The predicted molar refractivity (Wildman–Crippen MR) is 93.4 cm³/mol. The Bertz CT molecular complexity index is 675. The van der Waals surface area contributed by atoms with Crippen molar-refractivity contribution >= 4 is 21.8 Å². The van der Waals surface area contributed by atoms with Crippen LogP contribution in [0.5, 0.6) is 0 Å². The van der Waals surface area contributed by atoms with Gasteiger partial charge in [0.1, 0.15) is 12.3 Å². The molecular weight excluding hydrogens is 340 g/mol. The summed E-state index contributed by atoms with van der Waals surface area (Å²) in [4.78, 5) is 4.76. The van der Waals surface area contributed by atoms with E-state index < -0.39 is 0 Å². The first kappa shape index (κ1) is 15.3. The fourth-order valence-corrected chi connectivity index (χ4v) is 3.19. The van der Waals surface area contributed by atoms with Crippen molar-refractivity contribution in [1.29, 1.82) is 0 Å². The number of rotatable bonds is 5. The minimum Gasteiger partial charge on any atom is -0.474 e. The Morgan fingerprint density at radius 1 is 1.27 bits per heavy atom. The van der Waals surface area contributed by atoms with Crippen molar-refractivity contribution < 1.29 is 4.74 Å². The molecule has 116 valence electrons. The molecule has 0 saturated carbocycles. The molecule has 4 heteroatoms. The molecule has 0 radical (unpaired) electrons. The van der Waals surface area contributed by atoms with E-state index in [0.29, 0.717) is 18.6 Å². The lowest BCUT2D eigenvalue weighted by Gasteiger charge is -2.10. The lowest BCUT2D eigenvalue weighted by Crippen LogP contribution is -2.11. The second kappa shape index (κ2) is 6.69. The van der Waals surface area contributed by atoms with Crippen LogP contribution in [-0.4, -0.2) is 23.1 Å². The van der Waals surface area contributed by atoms with E-state index in [1.165, 1.54) is 5.56 Å². The molecule has 0 saturated heterocycles. The van der Waals surface area contributed by atoms with Gasteiger partial charge >= 0.3 is 0 Å². The number of hydrogen-bond donors (Lipinski definition) is 0. The van der Waals surface area contributed by atoms with Crippen LogP contribution in [0.25, 0.3) is 0 Å². The highest BCUT2D eigenvalue weighted by atomic mass is 79.9. The Labute approximate surface area is 140 Å². The van der Waals surface area contributed by atoms with E-state index in [1.807, 2.05) is 12.1 Å². The van der Waals surface area contributed by atoms with Crippen molar-refractivity contribution in [2.75, 3.05) is 6.61 Å². The molecular formula is C18H21BrN2O. The smallest absolute Gasteiger partial charge is 0.233 e. The van der Waals surface area contributed by atoms with Gasteiger partial charge in [-0.25, -0.2) is 4.99 Å². The molecule has 1 aliphatic heterocycles. The van der Waals surface area contributed by atoms with Crippen LogP contribution in [-0.2, 0) is 11.3 Å². The van der Waals surface area contributed by atoms with Crippen LogP contribution in [0.1, 0.15) is 31.5 Å². The van der Waals surface area contributed by atoms with Gasteiger partial charge in [-0.3, -0.25) is 0 Å². The lowest BCUT2D eigenvalue weighted by atomic mass is 10.1. The van der Waals surface area contributed by atoms with E-state index in [1.54, 1.807) is 0 Å². The fourth-order valence-electron chi connectivity index (χ4n) is 2.78. The molecule has 1 aromatic heterocycles. The van der Waals surface area contributed by atoms with E-state index in [9.17, 15) is 0 Å². The SMILES string of the molecule is CC(C)C[C@@H]1COC(c2cccn2Cc2ccccc2Br)=N1. The Morgan fingerprint density at radius 3 is 2.86 bits per heavy atom. The summed E-state index contributed by atoms with van der Waals surface area (Å²) in [6.07, 6.45) is 3.16. The number of aromatic nitrogens is 1. The lowest BCUT2D eigenvalue weighted by molar-refractivity contribution is 0.300. The van der Waals surface area contributed by atoms with Crippen LogP contribution in [0.4, 0.5) is 0 Å². The van der Waals surface area contributed by atoms with Crippen molar-refractivity contribution in [3.63, 3.8) is 0 Å². The molecule has 0 fully saturated rings. The highest BCUT2D eigenvalue weighted by molar-refractivity contribution is 9.10. The molecule has 0 spiro atoms. The monoisotopic (exact) mass is 360 g/mol. The minimum absolute atomic E-state index is 0.293. The van der Waals surface area contributed by atoms with E-state index in [2.05, 4.69) is 64.8 Å². The largest absolute Gasteiger partial charge is 0.474 e. The van der Waals surface area contributed by atoms with E-state index in [-0.39, 0.29) is 0 Å². The molecule has 3 nitrogen and oxygen atoms in total. The molecule has 3 rings (SSSR count). The van der Waals surface area contributed by atoms with Crippen molar-refractivity contribution in [3.8, 4) is 0 Å². The van der Waals surface area contributed by atoms with Crippen molar-refractivity contribution in [1.82, 2.24) is 4.57 Å². The molecule has 1 aromatic carbocycles. The standard InChI is InChI=1S/C18H21BrN2O/c1-13(2)10-15-12-22-18(20-15)17-8-5-9-21(17)11-14-6-3-4-7-16(14)19/h3-9,13,15H,10-12H2,1-2H3/t15-/m1/s1. The molecule has 0 N–H and O–H groups in total. The second-order valence-electron chi connectivity index (χ2n) is 6.14. The maximum Gasteiger partial charge on any atom is 0.233 e. The fraction of sp³-hybridized carbons (Fsp3) is 0.389. The average Bonchev–Trinajstić information content (AvgIpc) is 3.09. The number of aliphatic imine (C=N–C) groups is 1. The van der Waals surface area contributed by atoms with Crippen LogP contribution < -0.4 is 0 Å². The molecule has 22 heavy (non-hydrogen) atoms. The van der Waals surface area contributed by atoms with Gasteiger partial charge in [0.05, 0.1) is 6.04 Å². The quantitative estimate of drug-likeness (QED) is 0.771. The number of benzene rings is 1. The highest BCUT2D eigenvalue weighted by Crippen LogP contribution is 2.21. The Balaban J connectivity index is 1.80. The maximum absolute atomic E-state index is 5.84. The Kier molecular flexibility index (Phi) is 4.67. The van der Waals surface area contributed by atoms with E-state index >= 15 is 0 Å². The van der Waals surface area contributed by atoms with Gasteiger partial charge in [-0.1, -0.05) is 48.0 Å². The average molecular weight is 361 g/mol. The summed E-state index contributed by atoms with van der Waals surface area (Å²) in [6, 6.07) is 12.7. The summed E-state index contributed by atoms with van der Waals surface area (Å²) in [5.74, 6) is 1.42. The van der Waals surface area contributed by atoms with E-state index in [4.69, 9.17) is 9.73 Å². The minimum atomic E-state index is 0.293. The highest BCUT2D eigenvalue weighted by Gasteiger charge is 2.22. The van der Waals surface area contributed by atoms with Gasteiger partial charge in [0.25, 0.3) is 0 Å². The van der Waals surface area contributed by atoms with Crippen LogP contribution in [0, 0.1) is 5.92 Å². The molecule has 2 aromatic rings. The second-order valence-corrected chi connectivity index (χ2v) is 7.00. The third-order valence-corrected chi connectivity index (χ3v) is 4.58. The number of halogens is 1. The summed E-state index contributed by atoms with van der Waals surface area (Å²) in [6.45, 7) is 5.96. The Morgan fingerprint density at radius 2 is 2.09 bits per heavy atom. The van der Waals surface area contributed by atoms with Gasteiger partial charge in [0.15, 0.2) is 0 Å². The summed E-state index contributed by atoms with van der Waals surface area (Å²) >= 11 is 3.61. The summed E-state index contributed by atoms with van der Waals surface area (Å²) in [5, 5.41) is 0. The third kappa shape index (κ3) is 3.43. The Hall–Kier alpha value is -1.55. The molecule has 0 bridgehead atoms. The maximum atomic E-state index is 5.84. The first-order chi connectivity index (χ1) is 10.6. The zero-order valence-corrected chi connectivity index (χ0v) is 14.6. The molecule has 0 amide bonds. The normalized spacial score (nSPS) is 17.6. The number of nitrogens with zero attached hydrogens (tertiary/aromatic N) is 2. The van der Waals surface area contributed by atoms with Gasteiger partial charge < -0.3 is 9.30 Å². The summed E-state index contributed by atoms with van der Waals surface area (Å²) in [5.41, 5.74) is 2.30. The van der Waals surface area contributed by atoms with Gasteiger partial charge in [-0.2, -0.15) is 0 Å². The van der Waals surface area contributed by atoms with Crippen molar-refractivity contribution in [2.24, 2.45) is 10.9 Å². The van der Waals surface area contributed by atoms with Crippen LogP contribution in [0.2, 0.25) is 0 Å². The molecule has 0 unspecified atom stereocenters. The van der Waals surface area contributed by atoms with Crippen LogP contribution >= 0.6 is 15.9 Å². The summed E-state index contributed by atoms with van der Waals surface area (Å²) < 4.78 is 9.15. The van der Waals surface area contributed by atoms with Gasteiger partial charge in [-0.15, -0.1) is 0 Å². The molecule has 1 aliphatic rings. The zero-order chi connectivity index (χ0) is 15.5. The number of hydrogen-bond acceptors (Lipinski definition) is 2. The van der Waals surface area contributed by atoms with Crippen LogP contribution in [0.15, 0.2) is 52.1 Å². The first-order valence-corrected chi connectivity index (χ1v) is 8.52. The van der Waals surface area contributed by atoms with Crippen molar-refractivity contribution in [2.45, 2.75) is 32.9 Å². The van der Waals surface area contributed by atoms with Crippen molar-refractivity contribution in [3.05, 3.63) is 58.3 Å². The predicted octanol–water partition coefficient (Wildman–Crippen LogP) is 4.49. The zero-order valence-electron chi connectivity index (χ0n) is 13.0. The molecule has 0 aliphatic carbocycles. The molecule has 2 heterocycles. The van der Waals surface area contributed by atoms with Gasteiger partial charge in [0, 0.05) is 17.2 Å². The third-order valence-electron chi connectivity index (χ3n) is 3.80. The molecule has 1 atom stereocenters. The number of ether oxygens (including phenoxy) is 1.